The van der Waals surface area contributed by atoms with Crippen molar-refractivity contribution in [1.29, 1.82) is 0 Å². The number of carbonyl (C=O) groups excluding carboxylic acids is 2. The Balaban J connectivity index is 4.11. The van der Waals surface area contributed by atoms with Gasteiger partial charge in [0.15, 0.2) is 0 Å². The zero-order chi connectivity index (χ0) is 13.3. The first-order valence-electron chi connectivity index (χ1n) is 5.99. The fourth-order valence-corrected chi connectivity index (χ4v) is 2.04. The molecule has 0 aromatic rings. The topological polar surface area (TPSA) is 58.9 Å². The summed E-state index contributed by atoms with van der Waals surface area (Å²) in [6, 6.07) is -0.226. The minimum absolute atomic E-state index is 0.226. The van der Waals surface area contributed by atoms with Crippen LogP contribution >= 0.6 is 0 Å². The van der Waals surface area contributed by atoms with E-state index in [9.17, 15) is 9.59 Å². The molecule has 0 rings (SSSR count). The van der Waals surface area contributed by atoms with E-state index in [1.807, 2.05) is 0 Å². The molecule has 0 fully saturated rings. The third kappa shape index (κ3) is 9.68. The van der Waals surface area contributed by atoms with Gasteiger partial charge in [0.05, 0.1) is 12.6 Å². The van der Waals surface area contributed by atoms with Gasteiger partial charge in [-0.05, 0) is 30.6 Å². The van der Waals surface area contributed by atoms with Gasteiger partial charge < -0.3 is 0 Å². The molecule has 0 saturated carbocycles. The van der Waals surface area contributed by atoms with Crippen LogP contribution in [0.4, 0.5) is 0 Å². The highest BCUT2D eigenvalue weighted by molar-refractivity contribution is 5.35. The number of aliphatic imine (C=N–C) groups is 2. The maximum Gasteiger partial charge on any atom is 0.235 e. The van der Waals surface area contributed by atoms with Crippen molar-refractivity contribution in [1.82, 2.24) is 0 Å². The first-order chi connectivity index (χ1) is 7.89. The Morgan fingerprint density at radius 3 is 2.24 bits per heavy atom. The predicted octanol–water partition coefficient (Wildman–Crippen LogP) is 2.88. The van der Waals surface area contributed by atoms with Crippen molar-refractivity contribution in [3.63, 3.8) is 0 Å². The lowest BCUT2D eigenvalue weighted by Crippen LogP contribution is -2.14. The van der Waals surface area contributed by atoms with E-state index in [1.165, 1.54) is 12.2 Å². The van der Waals surface area contributed by atoms with Crippen molar-refractivity contribution < 1.29 is 9.59 Å². The standard InChI is InChI=1S/C13H22N2O2/c1-11(7-13(2,3)4)5-6-12(15-10-17)8-14-9-16/h11-12H,5-8H2,1-4H3. The van der Waals surface area contributed by atoms with Gasteiger partial charge in [0.2, 0.25) is 12.2 Å². The predicted molar refractivity (Wildman–Crippen MR) is 67.4 cm³/mol. The molecule has 0 amide bonds. The van der Waals surface area contributed by atoms with Crippen molar-refractivity contribution in [3.8, 4) is 0 Å². The van der Waals surface area contributed by atoms with Crippen LogP contribution in [0.1, 0.15) is 47.0 Å². The highest BCUT2D eigenvalue weighted by Gasteiger charge is 2.16. The lowest BCUT2D eigenvalue weighted by molar-refractivity contribution is 0.289. The highest BCUT2D eigenvalue weighted by Crippen LogP contribution is 2.27. The molecule has 0 bridgehead atoms. The molecular weight excluding hydrogens is 216 g/mol. The van der Waals surface area contributed by atoms with Gasteiger partial charge in [0, 0.05) is 0 Å². The van der Waals surface area contributed by atoms with Gasteiger partial charge >= 0.3 is 0 Å². The normalized spacial score (nSPS) is 14.4. The van der Waals surface area contributed by atoms with Crippen LogP contribution in [0, 0.1) is 11.3 Å². The zero-order valence-electron chi connectivity index (χ0n) is 11.2. The van der Waals surface area contributed by atoms with Crippen molar-refractivity contribution >= 4 is 12.2 Å². The summed E-state index contributed by atoms with van der Waals surface area (Å²) >= 11 is 0. The molecule has 0 N–H and O–H groups in total. The van der Waals surface area contributed by atoms with E-state index < -0.39 is 0 Å². The van der Waals surface area contributed by atoms with E-state index in [0.717, 1.165) is 19.3 Å². The fraction of sp³-hybridized carbons (Fsp3) is 0.846. The van der Waals surface area contributed by atoms with Gasteiger partial charge in [-0.25, -0.2) is 19.6 Å². The van der Waals surface area contributed by atoms with Gasteiger partial charge in [0.25, 0.3) is 0 Å². The van der Waals surface area contributed by atoms with Gasteiger partial charge in [-0.2, -0.15) is 0 Å². The monoisotopic (exact) mass is 238 g/mol. The molecule has 0 aliphatic carbocycles. The van der Waals surface area contributed by atoms with Gasteiger partial charge in [0.1, 0.15) is 0 Å². The Hall–Kier alpha value is -1.24. The number of nitrogens with zero attached hydrogens (tertiary/aromatic N) is 2. The smallest absolute Gasteiger partial charge is 0.211 e. The largest absolute Gasteiger partial charge is 0.235 e. The lowest BCUT2D eigenvalue weighted by atomic mass is 9.83. The Labute approximate surface area is 103 Å². The van der Waals surface area contributed by atoms with Crippen LogP contribution in [0.3, 0.4) is 0 Å². The van der Waals surface area contributed by atoms with E-state index in [0.29, 0.717) is 11.3 Å². The lowest BCUT2D eigenvalue weighted by Gasteiger charge is -2.23. The Bertz CT molecular complexity index is 308. The average Bonchev–Trinajstić information content (AvgIpc) is 2.19. The molecule has 4 nitrogen and oxygen atoms in total. The summed E-state index contributed by atoms with van der Waals surface area (Å²) in [7, 11) is 0. The molecule has 0 aliphatic rings. The van der Waals surface area contributed by atoms with Crippen molar-refractivity contribution in [3.05, 3.63) is 0 Å². The number of hydrogen-bond donors (Lipinski definition) is 0. The molecule has 0 radical (unpaired) electrons. The second-order valence-electron chi connectivity index (χ2n) is 5.75. The quantitative estimate of drug-likeness (QED) is 0.506. The summed E-state index contributed by atoms with van der Waals surface area (Å²) < 4.78 is 0. The van der Waals surface area contributed by atoms with Gasteiger partial charge in [-0.15, -0.1) is 0 Å². The Morgan fingerprint density at radius 2 is 1.76 bits per heavy atom. The highest BCUT2D eigenvalue weighted by atomic mass is 16.1. The molecular formula is C13H22N2O2. The molecule has 0 heterocycles. The van der Waals surface area contributed by atoms with Crippen LogP contribution in [0.25, 0.3) is 0 Å². The second kappa shape index (κ2) is 7.94. The first-order valence-corrected chi connectivity index (χ1v) is 5.99. The van der Waals surface area contributed by atoms with Crippen molar-refractivity contribution in [2.24, 2.45) is 21.3 Å². The molecule has 4 heteroatoms. The SMILES string of the molecule is CC(CCC(CN=C=O)N=C=O)CC(C)(C)C. The summed E-state index contributed by atoms with van der Waals surface area (Å²) in [5.41, 5.74) is 0.309. The third-order valence-corrected chi connectivity index (χ3v) is 2.56. The fourth-order valence-electron chi connectivity index (χ4n) is 2.04. The van der Waals surface area contributed by atoms with Crippen LogP contribution < -0.4 is 0 Å². The molecule has 0 aromatic heterocycles. The minimum Gasteiger partial charge on any atom is -0.211 e. The first kappa shape index (κ1) is 15.8. The van der Waals surface area contributed by atoms with Crippen LogP contribution in [0.2, 0.25) is 0 Å². The van der Waals surface area contributed by atoms with Crippen LogP contribution in [0.5, 0.6) is 0 Å². The van der Waals surface area contributed by atoms with E-state index in [2.05, 4.69) is 37.7 Å². The molecule has 96 valence electrons. The van der Waals surface area contributed by atoms with E-state index >= 15 is 0 Å². The average molecular weight is 238 g/mol. The molecule has 0 saturated heterocycles. The van der Waals surface area contributed by atoms with Gasteiger partial charge in [-0.3, -0.25) is 0 Å². The van der Waals surface area contributed by atoms with Crippen molar-refractivity contribution in [2.75, 3.05) is 6.54 Å². The number of rotatable bonds is 7. The zero-order valence-corrected chi connectivity index (χ0v) is 11.2. The summed E-state index contributed by atoms with van der Waals surface area (Å²) in [6.07, 6.45) is 5.86. The molecule has 2 atom stereocenters. The summed E-state index contributed by atoms with van der Waals surface area (Å²) in [6.45, 7) is 9.06. The molecule has 0 spiro atoms. The summed E-state index contributed by atoms with van der Waals surface area (Å²) in [5, 5.41) is 0. The molecule has 0 aromatic carbocycles. The molecule has 0 aliphatic heterocycles. The van der Waals surface area contributed by atoms with Gasteiger partial charge in [-0.1, -0.05) is 27.7 Å². The Morgan fingerprint density at radius 1 is 1.12 bits per heavy atom. The van der Waals surface area contributed by atoms with Crippen LogP contribution in [-0.2, 0) is 9.59 Å². The third-order valence-electron chi connectivity index (χ3n) is 2.56. The maximum absolute atomic E-state index is 10.2. The molecule has 2 unspecified atom stereocenters. The van der Waals surface area contributed by atoms with E-state index in [1.54, 1.807) is 0 Å². The number of isocyanates is 2. The van der Waals surface area contributed by atoms with E-state index in [-0.39, 0.29) is 12.6 Å². The second-order valence-corrected chi connectivity index (χ2v) is 5.75. The van der Waals surface area contributed by atoms with Crippen molar-refractivity contribution in [2.45, 2.75) is 53.0 Å². The van der Waals surface area contributed by atoms with E-state index in [4.69, 9.17) is 0 Å². The van der Waals surface area contributed by atoms with Crippen LogP contribution in [-0.4, -0.2) is 24.7 Å². The number of hydrogen-bond acceptors (Lipinski definition) is 4. The molecule has 17 heavy (non-hydrogen) atoms. The summed E-state index contributed by atoms with van der Waals surface area (Å²) in [5.74, 6) is 0.569. The summed E-state index contributed by atoms with van der Waals surface area (Å²) in [4.78, 5) is 27.3. The van der Waals surface area contributed by atoms with Crippen LogP contribution in [0.15, 0.2) is 9.98 Å². The maximum atomic E-state index is 10.2. The Kier molecular flexibility index (Phi) is 7.36. The minimum atomic E-state index is -0.226.